The molecule has 0 spiro atoms. The summed E-state index contributed by atoms with van der Waals surface area (Å²) in [7, 11) is -1.33. The van der Waals surface area contributed by atoms with Gasteiger partial charge >= 0.3 is 0 Å². The molecule has 1 rings (SSSR count). The second-order valence-corrected chi connectivity index (χ2v) is 8.07. The lowest BCUT2D eigenvalue weighted by Gasteiger charge is -2.20. The standard InChI is InChI=1S/C14H20N2O2S2/c1-14(11-15,16-2)9-4-10-19-12-5-7-13(8-6-12)20(3,17)18/h5-8,16H,4,9-10H2,1-3H3. The summed E-state index contributed by atoms with van der Waals surface area (Å²) < 4.78 is 22.7. The van der Waals surface area contributed by atoms with Gasteiger partial charge in [0.1, 0.15) is 5.54 Å². The van der Waals surface area contributed by atoms with Crippen molar-refractivity contribution in [1.82, 2.24) is 5.32 Å². The summed E-state index contributed by atoms with van der Waals surface area (Å²) in [4.78, 5) is 1.38. The molecule has 1 aromatic rings. The Morgan fingerprint density at radius 2 is 1.95 bits per heavy atom. The third kappa shape index (κ3) is 5.16. The number of benzene rings is 1. The molecule has 0 heterocycles. The van der Waals surface area contributed by atoms with Crippen molar-refractivity contribution in [1.29, 1.82) is 5.26 Å². The molecule has 0 bridgehead atoms. The van der Waals surface area contributed by atoms with E-state index in [1.807, 2.05) is 19.1 Å². The van der Waals surface area contributed by atoms with Crippen molar-refractivity contribution in [3.05, 3.63) is 24.3 Å². The van der Waals surface area contributed by atoms with Crippen LogP contribution in [0.15, 0.2) is 34.1 Å². The van der Waals surface area contributed by atoms with Crippen LogP contribution < -0.4 is 5.32 Å². The van der Waals surface area contributed by atoms with Crippen LogP contribution in [0.2, 0.25) is 0 Å². The zero-order valence-corrected chi connectivity index (χ0v) is 13.6. The highest BCUT2D eigenvalue weighted by Crippen LogP contribution is 2.22. The van der Waals surface area contributed by atoms with E-state index in [1.54, 1.807) is 30.9 Å². The van der Waals surface area contributed by atoms with Crippen molar-refractivity contribution < 1.29 is 8.42 Å². The van der Waals surface area contributed by atoms with Crippen LogP contribution in [-0.2, 0) is 9.84 Å². The van der Waals surface area contributed by atoms with E-state index in [0.29, 0.717) is 4.90 Å². The van der Waals surface area contributed by atoms with Crippen LogP contribution in [-0.4, -0.2) is 33.0 Å². The summed E-state index contributed by atoms with van der Waals surface area (Å²) in [5.41, 5.74) is -0.472. The van der Waals surface area contributed by atoms with E-state index < -0.39 is 15.4 Å². The number of nitrogens with zero attached hydrogens (tertiary/aromatic N) is 1. The van der Waals surface area contributed by atoms with Crippen molar-refractivity contribution in [2.45, 2.75) is 35.1 Å². The van der Waals surface area contributed by atoms with Gasteiger partial charge in [-0.15, -0.1) is 11.8 Å². The number of hydrogen-bond acceptors (Lipinski definition) is 5. The summed E-state index contributed by atoms with van der Waals surface area (Å²) in [5, 5.41) is 12.0. The highest BCUT2D eigenvalue weighted by atomic mass is 32.2. The minimum Gasteiger partial charge on any atom is -0.303 e. The number of thioether (sulfide) groups is 1. The third-order valence-electron chi connectivity index (χ3n) is 3.14. The predicted octanol–water partition coefficient (Wildman–Crippen LogP) is 2.46. The fourth-order valence-corrected chi connectivity index (χ4v) is 3.12. The second-order valence-electron chi connectivity index (χ2n) is 4.89. The van der Waals surface area contributed by atoms with Gasteiger partial charge in [0.15, 0.2) is 9.84 Å². The lowest BCUT2D eigenvalue weighted by atomic mass is 9.99. The molecular formula is C14H20N2O2S2. The first-order valence-corrected chi connectivity index (χ1v) is 9.21. The van der Waals surface area contributed by atoms with Gasteiger partial charge in [-0.3, -0.25) is 0 Å². The molecule has 20 heavy (non-hydrogen) atoms. The minimum absolute atomic E-state index is 0.342. The molecule has 0 aliphatic rings. The molecule has 1 unspecified atom stereocenters. The molecule has 1 atom stereocenters. The van der Waals surface area contributed by atoms with Crippen LogP contribution in [0, 0.1) is 11.3 Å². The summed E-state index contributed by atoms with van der Waals surface area (Å²) in [5.74, 6) is 0.900. The van der Waals surface area contributed by atoms with E-state index in [4.69, 9.17) is 5.26 Å². The number of nitriles is 1. The van der Waals surface area contributed by atoms with Crippen LogP contribution in [0.1, 0.15) is 19.8 Å². The Labute approximate surface area is 125 Å². The Hall–Kier alpha value is -1.03. The van der Waals surface area contributed by atoms with Gasteiger partial charge in [0, 0.05) is 11.2 Å². The highest BCUT2D eigenvalue weighted by molar-refractivity contribution is 7.99. The average molecular weight is 312 g/mol. The summed E-state index contributed by atoms with van der Waals surface area (Å²) in [6.07, 6.45) is 2.91. The van der Waals surface area contributed by atoms with E-state index in [0.717, 1.165) is 23.5 Å². The highest BCUT2D eigenvalue weighted by Gasteiger charge is 2.19. The summed E-state index contributed by atoms with van der Waals surface area (Å²) in [6, 6.07) is 9.17. The van der Waals surface area contributed by atoms with Gasteiger partial charge in [-0.2, -0.15) is 5.26 Å². The molecule has 0 aromatic heterocycles. The van der Waals surface area contributed by atoms with Crippen LogP contribution in [0.5, 0.6) is 0 Å². The van der Waals surface area contributed by atoms with Gasteiger partial charge in [-0.1, -0.05) is 0 Å². The van der Waals surface area contributed by atoms with Crippen LogP contribution >= 0.6 is 11.8 Å². The predicted molar refractivity (Wildman–Crippen MR) is 82.6 cm³/mol. The molecule has 4 nitrogen and oxygen atoms in total. The summed E-state index contributed by atoms with van der Waals surface area (Å²) in [6.45, 7) is 1.89. The Morgan fingerprint density at radius 3 is 2.40 bits per heavy atom. The van der Waals surface area contributed by atoms with Crippen molar-refractivity contribution in [2.24, 2.45) is 0 Å². The SMILES string of the molecule is CNC(C)(C#N)CCCSc1ccc(S(C)(=O)=O)cc1. The fraction of sp³-hybridized carbons (Fsp3) is 0.500. The molecule has 1 N–H and O–H groups in total. The molecule has 1 aromatic carbocycles. The zero-order valence-electron chi connectivity index (χ0n) is 12.0. The van der Waals surface area contributed by atoms with E-state index in [1.165, 1.54) is 6.26 Å². The van der Waals surface area contributed by atoms with Crippen LogP contribution in [0.3, 0.4) is 0 Å². The van der Waals surface area contributed by atoms with E-state index in [2.05, 4.69) is 11.4 Å². The largest absolute Gasteiger partial charge is 0.303 e. The molecule has 0 amide bonds. The molecule has 0 fully saturated rings. The molecule has 6 heteroatoms. The van der Waals surface area contributed by atoms with Crippen molar-refractivity contribution in [3.63, 3.8) is 0 Å². The topological polar surface area (TPSA) is 70.0 Å². The smallest absolute Gasteiger partial charge is 0.175 e. The normalized spacial score (nSPS) is 14.5. The molecule has 0 radical (unpaired) electrons. The number of nitrogens with one attached hydrogen (secondary N) is 1. The lowest BCUT2D eigenvalue weighted by molar-refractivity contribution is 0.451. The second kappa shape index (κ2) is 7.11. The van der Waals surface area contributed by atoms with Crippen LogP contribution in [0.25, 0.3) is 0 Å². The molecule has 0 saturated carbocycles. The first-order valence-electron chi connectivity index (χ1n) is 6.34. The third-order valence-corrected chi connectivity index (χ3v) is 5.37. The van der Waals surface area contributed by atoms with Gasteiger partial charge in [0.25, 0.3) is 0 Å². The van der Waals surface area contributed by atoms with Gasteiger partial charge in [0.2, 0.25) is 0 Å². The van der Waals surface area contributed by atoms with E-state index in [-0.39, 0.29) is 0 Å². The first-order chi connectivity index (χ1) is 9.30. The molecule has 110 valence electrons. The van der Waals surface area contributed by atoms with Crippen molar-refractivity contribution in [2.75, 3.05) is 19.1 Å². The van der Waals surface area contributed by atoms with Crippen LogP contribution in [0.4, 0.5) is 0 Å². The fourth-order valence-electron chi connectivity index (χ4n) is 1.64. The molecule has 0 aliphatic carbocycles. The Balaban J connectivity index is 2.46. The van der Waals surface area contributed by atoms with E-state index >= 15 is 0 Å². The molecule has 0 saturated heterocycles. The molecule has 0 aliphatic heterocycles. The van der Waals surface area contributed by atoms with Gasteiger partial charge in [-0.05, 0) is 56.8 Å². The lowest BCUT2D eigenvalue weighted by Crippen LogP contribution is -2.37. The maximum absolute atomic E-state index is 11.3. The number of hydrogen-bond donors (Lipinski definition) is 1. The number of sulfone groups is 1. The Bertz CT molecular complexity index is 576. The molecular weight excluding hydrogens is 292 g/mol. The zero-order chi connectivity index (χ0) is 15.2. The summed E-state index contributed by atoms with van der Waals surface area (Å²) >= 11 is 1.67. The van der Waals surface area contributed by atoms with Gasteiger partial charge < -0.3 is 5.32 Å². The minimum atomic E-state index is -3.12. The Morgan fingerprint density at radius 1 is 1.35 bits per heavy atom. The average Bonchev–Trinajstić information content (AvgIpc) is 2.43. The van der Waals surface area contributed by atoms with Crippen molar-refractivity contribution >= 4 is 21.6 Å². The van der Waals surface area contributed by atoms with Gasteiger partial charge in [0.05, 0.1) is 11.0 Å². The quantitative estimate of drug-likeness (QED) is 0.618. The Kier molecular flexibility index (Phi) is 6.06. The van der Waals surface area contributed by atoms with E-state index in [9.17, 15) is 8.42 Å². The van der Waals surface area contributed by atoms with Gasteiger partial charge in [-0.25, -0.2) is 8.42 Å². The maximum Gasteiger partial charge on any atom is 0.175 e. The number of rotatable bonds is 7. The first kappa shape index (κ1) is 17.0. The van der Waals surface area contributed by atoms with Crippen molar-refractivity contribution in [3.8, 4) is 6.07 Å². The maximum atomic E-state index is 11.3. The monoisotopic (exact) mass is 312 g/mol.